The van der Waals surface area contributed by atoms with Crippen molar-refractivity contribution in [2.45, 2.75) is 31.8 Å². The molecule has 3 fully saturated rings. The Morgan fingerprint density at radius 2 is 2.00 bits per heavy atom. The molecule has 3 aliphatic rings. The molecule has 3 aliphatic heterocycles. The second-order valence-electron chi connectivity index (χ2n) is 6.86. The number of hydrogen-bond donors (Lipinski definition) is 0. The average molecular weight is 332 g/mol. The van der Waals surface area contributed by atoms with Gasteiger partial charge >= 0.3 is 0 Å². The van der Waals surface area contributed by atoms with E-state index in [0.29, 0.717) is 32.2 Å². The number of ether oxygens (including phenoxy) is 2. The maximum absolute atomic E-state index is 12.2. The van der Waals surface area contributed by atoms with Gasteiger partial charge in [-0.25, -0.2) is 8.42 Å². The highest BCUT2D eigenvalue weighted by Gasteiger charge is 2.45. The molecule has 128 valence electrons. The molecule has 6 nitrogen and oxygen atoms in total. The first kappa shape index (κ1) is 16.6. The predicted octanol–water partition coefficient (Wildman–Crippen LogP) is 0.539. The molecule has 3 rings (SSSR count). The number of nitrogens with zero attached hydrogens (tertiary/aromatic N) is 2. The highest BCUT2D eigenvalue weighted by atomic mass is 32.2. The third-order valence-corrected chi connectivity index (χ3v) is 6.90. The molecule has 0 radical (unpaired) electrons. The first-order valence-corrected chi connectivity index (χ1v) is 10.1. The van der Waals surface area contributed by atoms with Gasteiger partial charge in [-0.1, -0.05) is 0 Å². The normalized spacial score (nSPS) is 35.2. The predicted molar refractivity (Wildman–Crippen MR) is 84.3 cm³/mol. The van der Waals surface area contributed by atoms with E-state index in [1.54, 1.807) is 11.2 Å². The highest BCUT2D eigenvalue weighted by molar-refractivity contribution is 7.89. The van der Waals surface area contributed by atoms with Crippen molar-refractivity contribution in [3.8, 4) is 0 Å². The van der Waals surface area contributed by atoms with Gasteiger partial charge in [0.05, 0.1) is 25.6 Å². The van der Waals surface area contributed by atoms with E-state index in [1.807, 2.05) is 0 Å². The van der Waals surface area contributed by atoms with Crippen LogP contribution in [0.4, 0.5) is 0 Å². The lowest BCUT2D eigenvalue weighted by Gasteiger charge is -2.30. The molecular weight excluding hydrogens is 304 g/mol. The first-order valence-electron chi connectivity index (χ1n) is 8.45. The molecule has 3 heterocycles. The summed E-state index contributed by atoms with van der Waals surface area (Å²) in [5.74, 6) is 0.631. The van der Waals surface area contributed by atoms with Crippen molar-refractivity contribution in [3.63, 3.8) is 0 Å². The van der Waals surface area contributed by atoms with Gasteiger partial charge in [-0.3, -0.25) is 0 Å². The van der Waals surface area contributed by atoms with Crippen molar-refractivity contribution in [1.82, 2.24) is 9.21 Å². The van der Waals surface area contributed by atoms with Gasteiger partial charge in [0.15, 0.2) is 0 Å². The van der Waals surface area contributed by atoms with Crippen LogP contribution in [0.1, 0.15) is 26.2 Å². The Morgan fingerprint density at radius 3 is 2.73 bits per heavy atom. The Kier molecular flexibility index (Phi) is 5.09. The maximum Gasteiger partial charge on any atom is 0.214 e. The molecule has 0 aromatic rings. The van der Waals surface area contributed by atoms with E-state index < -0.39 is 15.6 Å². The quantitative estimate of drug-likeness (QED) is 0.752. The van der Waals surface area contributed by atoms with Crippen molar-refractivity contribution in [2.75, 3.05) is 58.3 Å². The molecule has 0 aliphatic carbocycles. The van der Waals surface area contributed by atoms with Crippen molar-refractivity contribution in [1.29, 1.82) is 0 Å². The highest BCUT2D eigenvalue weighted by Crippen LogP contribution is 2.34. The summed E-state index contributed by atoms with van der Waals surface area (Å²) < 4.78 is 37.8. The molecule has 2 unspecified atom stereocenters. The second-order valence-corrected chi connectivity index (χ2v) is 9.12. The lowest BCUT2D eigenvalue weighted by Crippen LogP contribution is -2.46. The van der Waals surface area contributed by atoms with E-state index >= 15 is 0 Å². The van der Waals surface area contributed by atoms with Gasteiger partial charge < -0.3 is 14.4 Å². The molecule has 0 aromatic heterocycles. The van der Waals surface area contributed by atoms with Crippen molar-refractivity contribution >= 4 is 10.0 Å². The van der Waals surface area contributed by atoms with Gasteiger partial charge in [-0.15, -0.1) is 0 Å². The zero-order valence-corrected chi connectivity index (χ0v) is 14.3. The summed E-state index contributed by atoms with van der Waals surface area (Å²) in [4.78, 5) is 2.51. The minimum Gasteiger partial charge on any atom is -0.377 e. The zero-order chi connectivity index (χ0) is 15.6. The van der Waals surface area contributed by atoms with E-state index in [9.17, 15) is 8.42 Å². The molecule has 0 saturated carbocycles. The maximum atomic E-state index is 12.2. The monoisotopic (exact) mass is 332 g/mol. The van der Waals surface area contributed by atoms with Crippen molar-refractivity contribution < 1.29 is 17.9 Å². The second kappa shape index (κ2) is 6.73. The van der Waals surface area contributed by atoms with Crippen molar-refractivity contribution in [2.24, 2.45) is 5.92 Å². The lowest BCUT2D eigenvalue weighted by molar-refractivity contribution is -0.0512. The van der Waals surface area contributed by atoms with Crippen LogP contribution in [0.5, 0.6) is 0 Å². The minimum absolute atomic E-state index is 0.139. The van der Waals surface area contributed by atoms with Gasteiger partial charge in [0.1, 0.15) is 5.60 Å². The fourth-order valence-electron chi connectivity index (χ4n) is 3.89. The standard InChI is InChI=1S/C15H28N2O4S/c1-2-22(18,19)17-7-8-20-13-15(12-17)9-14(11-21-15)10-16-5-3-4-6-16/h14H,2-13H2,1H3. The van der Waals surface area contributed by atoms with Gasteiger partial charge in [0, 0.05) is 19.6 Å². The largest absolute Gasteiger partial charge is 0.377 e. The lowest BCUT2D eigenvalue weighted by atomic mass is 9.94. The third kappa shape index (κ3) is 3.64. The molecule has 0 amide bonds. The van der Waals surface area contributed by atoms with Crippen LogP contribution in [0.15, 0.2) is 0 Å². The van der Waals surface area contributed by atoms with Crippen LogP contribution in [0, 0.1) is 5.92 Å². The van der Waals surface area contributed by atoms with Crippen molar-refractivity contribution in [3.05, 3.63) is 0 Å². The summed E-state index contributed by atoms with van der Waals surface area (Å²) in [5, 5.41) is 0. The van der Waals surface area contributed by atoms with Crippen LogP contribution in [-0.2, 0) is 19.5 Å². The molecule has 3 saturated heterocycles. The van der Waals surface area contributed by atoms with Gasteiger partial charge in [0.2, 0.25) is 10.0 Å². The van der Waals surface area contributed by atoms with E-state index in [0.717, 1.165) is 19.6 Å². The molecule has 0 N–H and O–H groups in total. The summed E-state index contributed by atoms with van der Waals surface area (Å²) >= 11 is 0. The van der Waals surface area contributed by atoms with Crippen LogP contribution >= 0.6 is 0 Å². The van der Waals surface area contributed by atoms with Gasteiger partial charge in [-0.2, -0.15) is 4.31 Å². The summed E-state index contributed by atoms with van der Waals surface area (Å²) in [6.45, 7) is 7.73. The van der Waals surface area contributed by atoms with Crippen LogP contribution in [0.25, 0.3) is 0 Å². The van der Waals surface area contributed by atoms with E-state index in [2.05, 4.69) is 4.90 Å². The number of likely N-dealkylation sites (tertiary alicyclic amines) is 1. The summed E-state index contributed by atoms with van der Waals surface area (Å²) in [6, 6.07) is 0. The Hall–Kier alpha value is -0.210. The Morgan fingerprint density at radius 1 is 1.23 bits per heavy atom. The third-order valence-electron chi connectivity index (χ3n) is 5.07. The first-order chi connectivity index (χ1) is 10.5. The fourth-order valence-corrected chi connectivity index (χ4v) is 5.04. The van der Waals surface area contributed by atoms with Gasteiger partial charge in [-0.05, 0) is 45.2 Å². The average Bonchev–Trinajstić information content (AvgIpc) is 3.07. The van der Waals surface area contributed by atoms with Gasteiger partial charge in [0.25, 0.3) is 0 Å². The summed E-state index contributed by atoms with van der Waals surface area (Å²) in [6.07, 6.45) is 3.49. The van der Waals surface area contributed by atoms with E-state index in [-0.39, 0.29) is 5.75 Å². The van der Waals surface area contributed by atoms with Crippen LogP contribution in [-0.4, -0.2) is 81.5 Å². The molecule has 7 heteroatoms. The minimum atomic E-state index is -3.18. The van der Waals surface area contributed by atoms with Crippen LogP contribution < -0.4 is 0 Å². The van der Waals surface area contributed by atoms with E-state index in [4.69, 9.17) is 9.47 Å². The Labute approximate surface area is 133 Å². The summed E-state index contributed by atoms with van der Waals surface area (Å²) in [7, 11) is -3.18. The SMILES string of the molecule is CCS(=O)(=O)N1CCOCC2(CC(CN3CCCC3)CO2)C1. The number of hydrogen-bond acceptors (Lipinski definition) is 5. The summed E-state index contributed by atoms with van der Waals surface area (Å²) in [5.41, 5.74) is -0.441. The molecule has 0 bridgehead atoms. The number of rotatable bonds is 4. The molecule has 22 heavy (non-hydrogen) atoms. The van der Waals surface area contributed by atoms with Crippen LogP contribution in [0.2, 0.25) is 0 Å². The Bertz CT molecular complexity index is 478. The molecule has 2 atom stereocenters. The topological polar surface area (TPSA) is 59.1 Å². The molecule has 1 spiro atoms. The molecular formula is C15H28N2O4S. The fraction of sp³-hybridized carbons (Fsp3) is 1.00. The van der Waals surface area contributed by atoms with E-state index in [1.165, 1.54) is 25.9 Å². The van der Waals surface area contributed by atoms with Crippen LogP contribution in [0.3, 0.4) is 0 Å². The smallest absolute Gasteiger partial charge is 0.214 e. The Balaban J connectivity index is 1.64. The zero-order valence-electron chi connectivity index (χ0n) is 13.5. The number of sulfonamides is 1. The molecule has 0 aromatic carbocycles.